The molecule has 0 bridgehead atoms. The summed E-state index contributed by atoms with van der Waals surface area (Å²) in [6.07, 6.45) is 0.643. The summed E-state index contributed by atoms with van der Waals surface area (Å²) in [7, 11) is -3.63. The average molecular weight is 328 g/mol. The van der Waals surface area contributed by atoms with E-state index in [4.69, 9.17) is 4.74 Å². The average Bonchev–Trinajstić information content (AvgIpc) is 2.55. The third-order valence-corrected chi connectivity index (χ3v) is 5.39. The molecule has 7 heteroatoms. The molecular weight excluding hydrogens is 304 g/mol. The summed E-state index contributed by atoms with van der Waals surface area (Å²) in [5.41, 5.74) is 0.776. The molecule has 2 N–H and O–H groups in total. The number of nitrogens with zero attached hydrogens (tertiary/aromatic N) is 1. The SMILES string of the molecule is CCc1ccccc1S(=O)(=O)NC(CO)CN1CCOCC1. The third kappa shape index (κ3) is 4.50. The van der Waals surface area contributed by atoms with E-state index in [1.165, 1.54) is 0 Å². The van der Waals surface area contributed by atoms with Crippen LogP contribution < -0.4 is 4.72 Å². The minimum Gasteiger partial charge on any atom is -0.395 e. The third-order valence-electron chi connectivity index (χ3n) is 3.77. The molecule has 0 spiro atoms. The monoisotopic (exact) mass is 328 g/mol. The smallest absolute Gasteiger partial charge is 0.241 e. The fraction of sp³-hybridized carbons (Fsp3) is 0.600. The van der Waals surface area contributed by atoms with Crippen LogP contribution in [0.3, 0.4) is 0 Å². The normalized spacial score (nSPS) is 18.3. The van der Waals surface area contributed by atoms with Crippen LogP contribution in [0.15, 0.2) is 29.2 Å². The second kappa shape index (κ2) is 8.03. The van der Waals surface area contributed by atoms with E-state index >= 15 is 0 Å². The van der Waals surface area contributed by atoms with Gasteiger partial charge in [-0.15, -0.1) is 0 Å². The Balaban J connectivity index is 2.08. The van der Waals surface area contributed by atoms with Gasteiger partial charge < -0.3 is 9.84 Å². The summed E-state index contributed by atoms with van der Waals surface area (Å²) < 4.78 is 33.0. The first-order valence-corrected chi connectivity index (χ1v) is 9.06. The molecule has 1 aromatic rings. The first kappa shape index (κ1) is 17.4. The number of aryl methyl sites for hydroxylation is 1. The molecule has 0 aromatic heterocycles. The molecule has 1 atom stereocenters. The molecule has 1 unspecified atom stereocenters. The van der Waals surface area contributed by atoms with Gasteiger partial charge in [-0.2, -0.15) is 0 Å². The fourth-order valence-electron chi connectivity index (χ4n) is 2.57. The standard InChI is InChI=1S/C15H24N2O4S/c1-2-13-5-3-4-6-15(13)22(19,20)16-14(12-18)11-17-7-9-21-10-8-17/h3-6,14,16,18H,2,7-12H2,1H3. The zero-order valence-corrected chi connectivity index (χ0v) is 13.7. The van der Waals surface area contributed by atoms with E-state index in [1.807, 2.05) is 19.1 Å². The number of hydrogen-bond acceptors (Lipinski definition) is 5. The molecular formula is C15H24N2O4S. The first-order valence-electron chi connectivity index (χ1n) is 7.58. The maximum absolute atomic E-state index is 12.6. The van der Waals surface area contributed by atoms with Crippen LogP contribution in [0.5, 0.6) is 0 Å². The van der Waals surface area contributed by atoms with Crippen molar-refractivity contribution in [3.8, 4) is 0 Å². The Morgan fingerprint density at radius 3 is 2.64 bits per heavy atom. The first-order chi connectivity index (χ1) is 10.6. The van der Waals surface area contributed by atoms with Crippen molar-refractivity contribution in [2.75, 3.05) is 39.5 Å². The highest BCUT2D eigenvalue weighted by atomic mass is 32.2. The van der Waals surface area contributed by atoms with Crippen molar-refractivity contribution in [2.24, 2.45) is 0 Å². The van der Waals surface area contributed by atoms with Gasteiger partial charge in [0.2, 0.25) is 10.0 Å². The molecule has 0 aliphatic carbocycles. The van der Waals surface area contributed by atoms with E-state index in [1.54, 1.807) is 12.1 Å². The molecule has 1 heterocycles. The second-order valence-electron chi connectivity index (χ2n) is 5.38. The molecule has 1 aromatic carbocycles. The summed E-state index contributed by atoms with van der Waals surface area (Å²) in [6, 6.07) is 6.43. The van der Waals surface area contributed by atoms with Gasteiger partial charge in [-0.1, -0.05) is 25.1 Å². The number of morpholine rings is 1. The number of rotatable bonds is 7. The van der Waals surface area contributed by atoms with Crippen LogP contribution in [0.2, 0.25) is 0 Å². The van der Waals surface area contributed by atoms with Gasteiger partial charge in [0.05, 0.1) is 30.8 Å². The summed E-state index contributed by atoms with van der Waals surface area (Å²) in [5, 5.41) is 9.51. The van der Waals surface area contributed by atoms with Gasteiger partial charge in [-0.3, -0.25) is 4.90 Å². The van der Waals surface area contributed by atoms with Crippen molar-refractivity contribution < 1.29 is 18.3 Å². The largest absolute Gasteiger partial charge is 0.395 e. The van der Waals surface area contributed by atoms with Crippen molar-refractivity contribution in [2.45, 2.75) is 24.3 Å². The van der Waals surface area contributed by atoms with Gasteiger partial charge in [-0.25, -0.2) is 13.1 Å². The molecule has 1 fully saturated rings. The lowest BCUT2D eigenvalue weighted by Gasteiger charge is -2.30. The topological polar surface area (TPSA) is 78.9 Å². The minimum absolute atomic E-state index is 0.231. The molecule has 22 heavy (non-hydrogen) atoms. The van der Waals surface area contributed by atoms with Gasteiger partial charge in [0, 0.05) is 19.6 Å². The quantitative estimate of drug-likeness (QED) is 0.749. The second-order valence-corrected chi connectivity index (χ2v) is 7.06. The number of ether oxygens (including phenoxy) is 1. The molecule has 124 valence electrons. The number of hydrogen-bond donors (Lipinski definition) is 2. The highest BCUT2D eigenvalue weighted by molar-refractivity contribution is 7.89. The summed E-state index contributed by atoms with van der Waals surface area (Å²) >= 11 is 0. The van der Waals surface area contributed by atoms with Crippen molar-refractivity contribution in [1.82, 2.24) is 9.62 Å². The van der Waals surface area contributed by atoms with Gasteiger partial charge in [0.1, 0.15) is 0 Å². The van der Waals surface area contributed by atoms with Gasteiger partial charge >= 0.3 is 0 Å². The highest BCUT2D eigenvalue weighted by Crippen LogP contribution is 2.16. The van der Waals surface area contributed by atoms with Crippen LogP contribution in [0.1, 0.15) is 12.5 Å². The van der Waals surface area contributed by atoms with E-state index in [9.17, 15) is 13.5 Å². The number of benzene rings is 1. The van der Waals surface area contributed by atoms with Gasteiger partial charge in [-0.05, 0) is 18.1 Å². The van der Waals surface area contributed by atoms with E-state index in [2.05, 4.69) is 9.62 Å². The van der Waals surface area contributed by atoms with Gasteiger partial charge in [0.15, 0.2) is 0 Å². The molecule has 1 aliphatic heterocycles. The summed E-state index contributed by atoms with van der Waals surface area (Å²) in [4.78, 5) is 2.39. The van der Waals surface area contributed by atoms with Crippen LogP contribution in [-0.4, -0.2) is 63.9 Å². The minimum atomic E-state index is -3.63. The number of sulfonamides is 1. The zero-order chi connectivity index (χ0) is 16.0. The molecule has 6 nitrogen and oxygen atoms in total. The Kier molecular flexibility index (Phi) is 6.34. The Labute approximate surface area is 132 Å². The zero-order valence-electron chi connectivity index (χ0n) is 12.9. The fourth-order valence-corrected chi connectivity index (χ4v) is 4.10. The van der Waals surface area contributed by atoms with Crippen LogP contribution in [0, 0.1) is 0 Å². The predicted molar refractivity (Wildman–Crippen MR) is 84.3 cm³/mol. The van der Waals surface area contributed by atoms with Crippen molar-refractivity contribution in [1.29, 1.82) is 0 Å². The Bertz CT molecular complexity index is 571. The van der Waals surface area contributed by atoms with E-state index < -0.39 is 16.1 Å². The molecule has 2 rings (SSSR count). The van der Waals surface area contributed by atoms with E-state index in [0.717, 1.165) is 18.7 Å². The Morgan fingerprint density at radius 2 is 2.00 bits per heavy atom. The van der Waals surface area contributed by atoms with Crippen molar-refractivity contribution in [3.05, 3.63) is 29.8 Å². The molecule has 0 saturated carbocycles. The summed E-state index contributed by atoms with van der Waals surface area (Å²) in [6.45, 7) is 4.96. The van der Waals surface area contributed by atoms with Crippen molar-refractivity contribution >= 4 is 10.0 Å². The maximum atomic E-state index is 12.6. The lowest BCUT2D eigenvalue weighted by atomic mass is 10.2. The maximum Gasteiger partial charge on any atom is 0.241 e. The molecule has 0 amide bonds. The predicted octanol–water partition coefficient (Wildman–Crippen LogP) is 0.220. The number of nitrogens with one attached hydrogen (secondary N) is 1. The van der Waals surface area contributed by atoms with Crippen LogP contribution >= 0.6 is 0 Å². The van der Waals surface area contributed by atoms with Crippen molar-refractivity contribution in [3.63, 3.8) is 0 Å². The lowest BCUT2D eigenvalue weighted by molar-refractivity contribution is 0.0314. The summed E-state index contributed by atoms with van der Waals surface area (Å²) in [5.74, 6) is 0. The van der Waals surface area contributed by atoms with E-state index in [-0.39, 0.29) is 11.5 Å². The number of aliphatic hydroxyl groups excluding tert-OH is 1. The van der Waals surface area contributed by atoms with Crippen LogP contribution in [0.25, 0.3) is 0 Å². The van der Waals surface area contributed by atoms with Crippen LogP contribution in [-0.2, 0) is 21.2 Å². The highest BCUT2D eigenvalue weighted by Gasteiger charge is 2.24. The molecule has 1 aliphatic rings. The Hall–Kier alpha value is -0.990. The lowest BCUT2D eigenvalue weighted by Crippen LogP contribution is -2.48. The number of aliphatic hydroxyl groups is 1. The molecule has 0 radical (unpaired) electrons. The van der Waals surface area contributed by atoms with Crippen LogP contribution in [0.4, 0.5) is 0 Å². The van der Waals surface area contributed by atoms with E-state index in [0.29, 0.717) is 26.2 Å². The van der Waals surface area contributed by atoms with Gasteiger partial charge in [0.25, 0.3) is 0 Å². The Morgan fingerprint density at radius 1 is 1.32 bits per heavy atom. The molecule has 1 saturated heterocycles.